The number of hydrogen-bond acceptors (Lipinski definition) is 4. The number of ether oxygens (including phenoxy) is 2. The van der Waals surface area contributed by atoms with E-state index in [1.165, 1.54) is 5.57 Å². The van der Waals surface area contributed by atoms with E-state index in [-0.39, 0.29) is 5.91 Å². The largest absolute Gasteiger partial charge is 0.454 e. The minimum absolute atomic E-state index is 0.168. The van der Waals surface area contributed by atoms with Gasteiger partial charge in [-0.05, 0) is 55.2 Å². The molecule has 1 aromatic carbocycles. The SMILES string of the molecule is CSC1=C2CCCC=C2N(CCc2ccc3c(c2)OCO3)C1=O. The molecule has 1 aromatic rings. The fourth-order valence-corrected chi connectivity index (χ4v) is 4.14. The van der Waals surface area contributed by atoms with E-state index in [1.807, 2.05) is 29.4 Å². The van der Waals surface area contributed by atoms with Crippen LogP contribution in [-0.2, 0) is 11.2 Å². The number of nitrogens with zero attached hydrogens (tertiary/aromatic N) is 1. The van der Waals surface area contributed by atoms with Crippen LogP contribution in [0, 0.1) is 0 Å². The Morgan fingerprint density at radius 2 is 2.13 bits per heavy atom. The lowest BCUT2D eigenvalue weighted by atomic mass is 9.99. The molecule has 2 aliphatic heterocycles. The van der Waals surface area contributed by atoms with Crippen LogP contribution in [0.1, 0.15) is 24.8 Å². The Bertz CT molecular complexity index is 723. The zero-order valence-corrected chi connectivity index (χ0v) is 13.9. The Kier molecular flexibility index (Phi) is 3.81. The lowest BCUT2D eigenvalue weighted by Crippen LogP contribution is -2.28. The van der Waals surface area contributed by atoms with Crippen molar-refractivity contribution in [3.63, 3.8) is 0 Å². The maximum atomic E-state index is 12.7. The highest BCUT2D eigenvalue weighted by Crippen LogP contribution is 2.40. The molecule has 120 valence electrons. The van der Waals surface area contributed by atoms with Gasteiger partial charge in [0.2, 0.25) is 6.79 Å². The molecule has 0 aromatic heterocycles. The summed E-state index contributed by atoms with van der Waals surface area (Å²) in [4.78, 5) is 15.6. The first-order chi connectivity index (χ1) is 11.3. The normalized spacial score (nSPS) is 19.3. The molecule has 2 heterocycles. The van der Waals surface area contributed by atoms with E-state index in [0.717, 1.165) is 53.3 Å². The Hall–Kier alpha value is -1.88. The first kappa shape index (κ1) is 14.7. The summed E-state index contributed by atoms with van der Waals surface area (Å²) in [5.74, 6) is 1.77. The molecule has 23 heavy (non-hydrogen) atoms. The minimum atomic E-state index is 0.168. The van der Waals surface area contributed by atoms with E-state index in [4.69, 9.17) is 9.47 Å². The Morgan fingerprint density at radius 1 is 1.26 bits per heavy atom. The third kappa shape index (κ3) is 2.53. The first-order valence-electron chi connectivity index (χ1n) is 7.96. The van der Waals surface area contributed by atoms with Gasteiger partial charge in [-0.2, -0.15) is 0 Å². The van der Waals surface area contributed by atoms with Gasteiger partial charge in [-0.15, -0.1) is 11.8 Å². The van der Waals surface area contributed by atoms with E-state index < -0.39 is 0 Å². The van der Waals surface area contributed by atoms with Crippen molar-refractivity contribution in [2.45, 2.75) is 25.7 Å². The number of carbonyl (C=O) groups excluding carboxylic acids is 1. The number of fused-ring (bicyclic) bond motifs is 2. The average Bonchev–Trinajstić information content (AvgIpc) is 3.14. The molecule has 0 saturated carbocycles. The van der Waals surface area contributed by atoms with Crippen LogP contribution in [0.25, 0.3) is 0 Å². The van der Waals surface area contributed by atoms with Gasteiger partial charge in [0, 0.05) is 12.2 Å². The molecular formula is C18H19NO3S. The Balaban J connectivity index is 1.51. The minimum Gasteiger partial charge on any atom is -0.454 e. The van der Waals surface area contributed by atoms with Gasteiger partial charge < -0.3 is 14.4 Å². The van der Waals surface area contributed by atoms with Crippen LogP contribution >= 0.6 is 11.8 Å². The molecule has 0 atom stereocenters. The molecule has 0 N–H and O–H groups in total. The molecule has 0 saturated heterocycles. The number of allylic oxidation sites excluding steroid dienone is 2. The zero-order valence-electron chi connectivity index (χ0n) is 13.1. The summed E-state index contributed by atoms with van der Waals surface area (Å²) < 4.78 is 10.8. The van der Waals surface area contributed by atoms with E-state index in [2.05, 4.69) is 6.08 Å². The molecule has 0 unspecified atom stereocenters. The van der Waals surface area contributed by atoms with E-state index in [0.29, 0.717) is 13.3 Å². The van der Waals surface area contributed by atoms with E-state index in [1.54, 1.807) is 11.8 Å². The van der Waals surface area contributed by atoms with Crippen molar-refractivity contribution in [3.8, 4) is 11.5 Å². The molecule has 1 amide bonds. The third-order valence-corrected chi connectivity index (χ3v) is 5.38. The molecule has 0 fully saturated rings. The van der Waals surface area contributed by atoms with Gasteiger partial charge in [-0.1, -0.05) is 12.1 Å². The van der Waals surface area contributed by atoms with Crippen molar-refractivity contribution >= 4 is 17.7 Å². The summed E-state index contributed by atoms with van der Waals surface area (Å²) in [5, 5.41) is 0. The quantitative estimate of drug-likeness (QED) is 0.848. The van der Waals surface area contributed by atoms with Gasteiger partial charge in [-0.3, -0.25) is 4.79 Å². The molecule has 5 heteroatoms. The smallest absolute Gasteiger partial charge is 0.265 e. The molecular weight excluding hydrogens is 310 g/mol. The van der Waals surface area contributed by atoms with Crippen molar-refractivity contribution in [2.75, 3.05) is 19.6 Å². The number of benzene rings is 1. The standard InChI is InChI=1S/C18H19NO3S/c1-23-17-13-4-2-3-5-14(13)19(18(17)20)9-8-12-6-7-15-16(10-12)22-11-21-15/h5-7,10H,2-4,8-9,11H2,1H3. The van der Waals surface area contributed by atoms with Crippen LogP contribution in [0.2, 0.25) is 0 Å². The fraction of sp³-hybridized carbons (Fsp3) is 0.389. The molecule has 3 aliphatic rings. The summed E-state index contributed by atoms with van der Waals surface area (Å²) in [7, 11) is 0. The van der Waals surface area contributed by atoms with Gasteiger partial charge in [0.05, 0.1) is 4.91 Å². The van der Waals surface area contributed by atoms with Crippen molar-refractivity contribution in [3.05, 3.63) is 46.0 Å². The van der Waals surface area contributed by atoms with Crippen molar-refractivity contribution < 1.29 is 14.3 Å². The van der Waals surface area contributed by atoms with Gasteiger partial charge in [0.15, 0.2) is 11.5 Å². The lowest BCUT2D eigenvalue weighted by Gasteiger charge is -2.22. The van der Waals surface area contributed by atoms with Gasteiger partial charge >= 0.3 is 0 Å². The maximum absolute atomic E-state index is 12.7. The van der Waals surface area contributed by atoms with Crippen LogP contribution in [-0.4, -0.2) is 30.4 Å². The Labute approximate surface area is 140 Å². The van der Waals surface area contributed by atoms with Crippen molar-refractivity contribution in [1.29, 1.82) is 0 Å². The first-order valence-corrected chi connectivity index (χ1v) is 9.18. The highest BCUT2D eigenvalue weighted by molar-refractivity contribution is 8.03. The van der Waals surface area contributed by atoms with E-state index >= 15 is 0 Å². The lowest BCUT2D eigenvalue weighted by molar-refractivity contribution is -0.123. The molecule has 4 rings (SSSR count). The van der Waals surface area contributed by atoms with Crippen LogP contribution < -0.4 is 9.47 Å². The second kappa shape index (κ2) is 5.96. The zero-order chi connectivity index (χ0) is 15.8. The fourth-order valence-electron chi connectivity index (χ4n) is 3.40. The highest BCUT2D eigenvalue weighted by atomic mass is 32.2. The van der Waals surface area contributed by atoms with Crippen LogP contribution in [0.3, 0.4) is 0 Å². The van der Waals surface area contributed by atoms with Crippen LogP contribution in [0.15, 0.2) is 40.5 Å². The number of rotatable bonds is 4. The van der Waals surface area contributed by atoms with E-state index in [9.17, 15) is 4.79 Å². The monoisotopic (exact) mass is 329 g/mol. The van der Waals surface area contributed by atoms with Gasteiger partial charge in [0.25, 0.3) is 5.91 Å². The van der Waals surface area contributed by atoms with Crippen molar-refractivity contribution in [2.24, 2.45) is 0 Å². The maximum Gasteiger partial charge on any atom is 0.265 e. The second-order valence-corrected chi connectivity index (χ2v) is 6.70. The number of hydrogen-bond donors (Lipinski definition) is 0. The topological polar surface area (TPSA) is 38.8 Å². The summed E-state index contributed by atoms with van der Waals surface area (Å²) in [6.07, 6.45) is 8.26. The summed E-state index contributed by atoms with van der Waals surface area (Å²) in [6, 6.07) is 6.01. The molecule has 0 radical (unpaired) electrons. The summed E-state index contributed by atoms with van der Waals surface area (Å²) in [5.41, 5.74) is 3.56. The second-order valence-electron chi connectivity index (χ2n) is 5.89. The predicted octanol–water partition coefficient (Wildman–Crippen LogP) is 3.48. The van der Waals surface area contributed by atoms with Gasteiger partial charge in [-0.25, -0.2) is 0 Å². The Morgan fingerprint density at radius 3 is 3.00 bits per heavy atom. The molecule has 4 nitrogen and oxygen atoms in total. The number of carbonyl (C=O) groups is 1. The highest BCUT2D eigenvalue weighted by Gasteiger charge is 2.34. The molecule has 0 spiro atoms. The summed E-state index contributed by atoms with van der Waals surface area (Å²) >= 11 is 1.58. The van der Waals surface area contributed by atoms with Gasteiger partial charge in [0.1, 0.15) is 0 Å². The molecule has 0 bridgehead atoms. The summed E-state index contributed by atoms with van der Waals surface area (Å²) in [6.45, 7) is 0.999. The third-order valence-electron chi connectivity index (χ3n) is 4.55. The molecule has 1 aliphatic carbocycles. The average molecular weight is 329 g/mol. The number of amides is 1. The van der Waals surface area contributed by atoms with Crippen molar-refractivity contribution in [1.82, 2.24) is 4.90 Å². The predicted molar refractivity (Wildman–Crippen MR) is 90.5 cm³/mol. The van der Waals surface area contributed by atoms with Crippen LogP contribution in [0.5, 0.6) is 11.5 Å². The van der Waals surface area contributed by atoms with Crippen LogP contribution in [0.4, 0.5) is 0 Å². The number of thioether (sulfide) groups is 1.